The molecule has 12 heteroatoms. The van der Waals surface area contributed by atoms with Gasteiger partial charge in [-0.1, -0.05) is 11.6 Å². The van der Waals surface area contributed by atoms with E-state index in [-0.39, 0.29) is 46.1 Å². The predicted octanol–water partition coefficient (Wildman–Crippen LogP) is 3.02. The standard InChI is InChI=1S/C21H24ClN3O7S/c1-3-32-21(28)13-5-4-8-25(12-13)19-17(9-14(11-23-19)20(26)27)24-33(29,30)15-6-7-18(31-2)16(22)10-15/h6-7,9-11,13,24H,3-5,8,12H2,1-2H3,(H,26,27)/t13-/m0/s1. The van der Waals surface area contributed by atoms with Gasteiger partial charge in [-0.3, -0.25) is 9.52 Å². The summed E-state index contributed by atoms with van der Waals surface area (Å²) in [4.78, 5) is 29.5. The Hall–Kier alpha value is -3.05. The van der Waals surface area contributed by atoms with Crippen LogP contribution in [0.2, 0.25) is 5.02 Å². The molecule has 1 aliphatic heterocycles. The van der Waals surface area contributed by atoms with E-state index in [2.05, 4.69) is 9.71 Å². The maximum Gasteiger partial charge on any atom is 0.337 e. The number of rotatable bonds is 8. The Morgan fingerprint density at radius 3 is 2.73 bits per heavy atom. The number of hydrogen-bond donors (Lipinski definition) is 2. The van der Waals surface area contributed by atoms with Gasteiger partial charge in [-0.2, -0.15) is 0 Å². The van der Waals surface area contributed by atoms with Gasteiger partial charge < -0.3 is 19.5 Å². The maximum atomic E-state index is 13.0. The molecule has 0 radical (unpaired) electrons. The van der Waals surface area contributed by atoms with E-state index in [0.717, 1.165) is 6.20 Å². The van der Waals surface area contributed by atoms with Crippen molar-refractivity contribution >= 4 is 45.1 Å². The number of ether oxygens (including phenoxy) is 2. The first kappa shape index (κ1) is 24.6. The number of aromatic nitrogens is 1. The van der Waals surface area contributed by atoms with Crippen LogP contribution < -0.4 is 14.4 Å². The number of piperidine rings is 1. The third-order valence-electron chi connectivity index (χ3n) is 5.13. The Balaban J connectivity index is 1.96. The number of anilines is 2. The number of carbonyl (C=O) groups excluding carboxylic acids is 1. The van der Waals surface area contributed by atoms with Gasteiger partial charge in [0.2, 0.25) is 0 Å². The van der Waals surface area contributed by atoms with Gasteiger partial charge in [-0.25, -0.2) is 18.2 Å². The largest absolute Gasteiger partial charge is 0.495 e. The molecule has 0 aliphatic carbocycles. The summed E-state index contributed by atoms with van der Waals surface area (Å²) in [5.41, 5.74) is -0.213. The fourth-order valence-electron chi connectivity index (χ4n) is 3.54. The molecule has 3 rings (SSSR count). The number of pyridine rings is 1. The molecule has 2 N–H and O–H groups in total. The van der Waals surface area contributed by atoms with Crippen molar-refractivity contribution in [2.45, 2.75) is 24.7 Å². The highest BCUT2D eigenvalue weighted by Crippen LogP contribution is 2.32. The summed E-state index contributed by atoms with van der Waals surface area (Å²) in [7, 11) is -2.74. The number of carbonyl (C=O) groups is 2. The zero-order valence-electron chi connectivity index (χ0n) is 18.1. The summed E-state index contributed by atoms with van der Waals surface area (Å²) in [6, 6.07) is 5.16. The quantitative estimate of drug-likeness (QED) is 0.527. The fourth-order valence-corrected chi connectivity index (χ4v) is 4.94. The Bertz CT molecular complexity index is 1160. The third-order valence-corrected chi connectivity index (χ3v) is 6.79. The number of hydrogen-bond acceptors (Lipinski definition) is 8. The van der Waals surface area contributed by atoms with Crippen molar-refractivity contribution in [1.82, 2.24) is 4.98 Å². The summed E-state index contributed by atoms with van der Waals surface area (Å²) in [6.45, 7) is 2.76. The molecular weight excluding hydrogens is 474 g/mol. The lowest BCUT2D eigenvalue weighted by atomic mass is 9.98. The van der Waals surface area contributed by atoms with Gasteiger partial charge in [0.05, 0.1) is 40.8 Å². The number of aromatic carboxylic acids is 1. The number of halogens is 1. The highest BCUT2D eigenvalue weighted by atomic mass is 35.5. The Morgan fingerprint density at radius 2 is 2.09 bits per heavy atom. The van der Waals surface area contributed by atoms with Crippen molar-refractivity contribution < 1.29 is 32.6 Å². The van der Waals surface area contributed by atoms with Crippen LogP contribution in [-0.4, -0.2) is 57.3 Å². The minimum absolute atomic E-state index is 0.0219. The van der Waals surface area contributed by atoms with Crippen molar-refractivity contribution in [3.8, 4) is 5.75 Å². The van der Waals surface area contributed by atoms with Gasteiger partial charge in [0.25, 0.3) is 10.0 Å². The van der Waals surface area contributed by atoms with E-state index in [1.165, 1.54) is 31.4 Å². The number of methoxy groups -OCH3 is 1. The van der Waals surface area contributed by atoms with E-state index in [4.69, 9.17) is 21.1 Å². The minimum Gasteiger partial charge on any atom is -0.495 e. The lowest BCUT2D eigenvalue weighted by Gasteiger charge is -2.33. The van der Waals surface area contributed by atoms with Gasteiger partial charge in [0.15, 0.2) is 5.82 Å². The van der Waals surface area contributed by atoms with Crippen LogP contribution in [0.4, 0.5) is 11.5 Å². The molecule has 0 bridgehead atoms. The maximum absolute atomic E-state index is 13.0. The summed E-state index contributed by atoms with van der Waals surface area (Å²) in [5, 5.41) is 9.47. The van der Waals surface area contributed by atoms with Crippen LogP contribution in [0.3, 0.4) is 0 Å². The second kappa shape index (κ2) is 10.3. The summed E-state index contributed by atoms with van der Waals surface area (Å²) in [5.74, 6) is -1.46. The van der Waals surface area contributed by atoms with E-state index in [9.17, 15) is 23.1 Å². The monoisotopic (exact) mass is 497 g/mol. The normalized spacial score (nSPS) is 16.2. The molecule has 1 aromatic carbocycles. The van der Waals surface area contributed by atoms with Crippen LogP contribution in [0.1, 0.15) is 30.1 Å². The second-order valence-corrected chi connectivity index (χ2v) is 9.43. The van der Waals surface area contributed by atoms with Crippen LogP contribution in [0.15, 0.2) is 35.4 Å². The molecule has 0 saturated carbocycles. The van der Waals surface area contributed by atoms with Crippen molar-refractivity contribution in [2.75, 3.05) is 36.4 Å². The van der Waals surface area contributed by atoms with E-state index < -0.39 is 21.9 Å². The molecule has 1 saturated heterocycles. The molecule has 0 unspecified atom stereocenters. The highest BCUT2D eigenvalue weighted by molar-refractivity contribution is 7.92. The number of carboxylic acids is 1. The fraction of sp³-hybridized carbons (Fsp3) is 0.381. The van der Waals surface area contributed by atoms with Gasteiger partial charge in [-0.05, 0) is 44.0 Å². The van der Waals surface area contributed by atoms with E-state index in [0.29, 0.717) is 25.1 Å². The zero-order valence-corrected chi connectivity index (χ0v) is 19.6. The minimum atomic E-state index is -4.14. The van der Waals surface area contributed by atoms with Gasteiger partial charge >= 0.3 is 11.9 Å². The van der Waals surface area contributed by atoms with Crippen LogP contribution in [0.25, 0.3) is 0 Å². The summed E-state index contributed by atoms with van der Waals surface area (Å²) in [6.07, 6.45) is 2.44. The molecule has 1 atom stereocenters. The number of nitrogens with one attached hydrogen (secondary N) is 1. The van der Waals surface area contributed by atoms with Crippen LogP contribution in [0.5, 0.6) is 5.75 Å². The molecule has 10 nitrogen and oxygen atoms in total. The number of sulfonamides is 1. The first-order valence-corrected chi connectivity index (χ1v) is 12.0. The molecule has 2 heterocycles. The number of benzene rings is 1. The molecule has 178 valence electrons. The lowest BCUT2D eigenvalue weighted by molar-refractivity contribution is -0.148. The first-order chi connectivity index (χ1) is 15.7. The number of carboxylic acid groups (broad SMARTS) is 1. The smallest absolute Gasteiger partial charge is 0.337 e. The van der Waals surface area contributed by atoms with Gasteiger partial charge in [0, 0.05) is 19.3 Å². The average molecular weight is 498 g/mol. The summed E-state index contributed by atoms with van der Waals surface area (Å²) >= 11 is 6.07. The van der Waals surface area contributed by atoms with E-state index >= 15 is 0 Å². The Morgan fingerprint density at radius 1 is 1.33 bits per heavy atom. The van der Waals surface area contributed by atoms with E-state index in [1.54, 1.807) is 11.8 Å². The molecule has 0 amide bonds. The SMILES string of the molecule is CCOC(=O)[C@H]1CCCN(c2ncc(C(=O)O)cc2NS(=O)(=O)c2ccc(OC)c(Cl)c2)C1. The molecule has 33 heavy (non-hydrogen) atoms. The van der Waals surface area contributed by atoms with Crippen molar-refractivity contribution in [2.24, 2.45) is 5.92 Å². The predicted molar refractivity (Wildman–Crippen MR) is 122 cm³/mol. The molecule has 0 spiro atoms. The molecule has 1 aromatic heterocycles. The first-order valence-electron chi connectivity index (χ1n) is 10.2. The number of esters is 1. The lowest BCUT2D eigenvalue weighted by Crippen LogP contribution is -2.40. The molecule has 1 fully saturated rings. The topological polar surface area (TPSA) is 135 Å². The van der Waals surface area contributed by atoms with Crippen molar-refractivity contribution in [3.05, 3.63) is 41.0 Å². The Kier molecular flexibility index (Phi) is 7.65. The van der Waals surface area contributed by atoms with E-state index in [1.807, 2.05) is 0 Å². The highest BCUT2D eigenvalue weighted by Gasteiger charge is 2.30. The molecular formula is C21H24ClN3O7S. The van der Waals surface area contributed by atoms with Crippen LogP contribution >= 0.6 is 11.6 Å². The second-order valence-electron chi connectivity index (χ2n) is 7.34. The molecule has 1 aliphatic rings. The third kappa shape index (κ3) is 5.66. The molecule has 2 aromatic rings. The van der Waals surface area contributed by atoms with Crippen LogP contribution in [0, 0.1) is 5.92 Å². The van der Waals surface area contributed by atoms with Gasteiger partial charge in [0.1, 0.15) is 5.75 Å². The van der Waals surface area contributed by atoms with Crippen LogP contribution in [-0.2, 0) is 19.6 Å². The van der Waals surface area contributed by atoms with Crippen molar-refractivity contribution in [3.63, 3.8) is 0 Å². The van der Waals surface area contributed by atoms with Gasteiger partial charge in [-0.15, -0.1) is 0 Å². The summed E-state index contributed by atoms with van der Waals surface area (Å²) < 4.78 is 38.7. The number of nitrogens with zero attached hydrogens (tertiary/aromatic N) is 2. The Labute approximate surface area is 196 Å². The zero-order chi connectivity index (χ0) is 24.2. The van der Waals surface area contributed by atoms with Crippen molar-refractivity contribution in [1.29, 1.82) is 0 Å². The average Bonchev–Trinajstić information content (AvgIpc) is 2.79.